The van der Waals surface area contributed by atoms with Gasteiger partial charge in [-0.25, -0.2) is 0 Å². The number of rotatable bonds is 4. The third-order valence-electron chi connectivity index (χ3n) is 6.79. The number of halogens is 2. The molecule has 2 aliphatic rings. The van der Waals surface area contributed by atoms with E-state index in [2.05, 4.69) is 71.1 Å². The van der Waals surface area contributed by atoms with E-state index >= 15 is 0 Å². The lowest BCUT2D eigenvalue weighted by molar-refractivity contribution is -0.118. The number of carbonyl (C=O) groups excluding carboxylic acids is 1. The van der Waals surface area contributed by atoms with Crippen LogP contribution in [0.15, 0.2) is 54.6 Å². The highest BCUT2D eigenvalue weighted by Crippen LogP contribution is 2.36. The SMILES string of the molecule is Cc1ccc(N2CCOC(C=O)C2)c(CN2Cc3cc(Cl)ccc3N(C)Cc3cc(Cl)ccc32)c1. The quantitative estimate of drug-likeness (QED) is 0.411. The summed E-state index contributed by atoms with van der Waals surface area (Å²) in [6.07, 6.45) is 0.502. The molecule has 0 radical (unpaired) electrons. The van der Waals surface area contributed by atoms with Crippen molar-refractivity contribution in [1.82, 2.24) is 0 Å². The Labute approximate surface area is 216 Å². The lowest BCUT2D eigenvalue weighted by Gasteiger charge is -2.37. The second-order valence-corrected chi connectivity index (χ2v) is 10.3. The topological polar surface area (TPSA) is 36.0 Å². The molecule has 1 unspecified atom stereocenters. The Morgan fingerprint density at radius 1 is 0.943 bits per heavy atom. The Morgan fingerprint density at radius 2 is 1.63 bits per heavy atom. The van der Waals surface area contributed by atoms with E-state index in [-0.39, 0.29) is 0 Å². The van der Waals surface area contributed by atoms with Gasteiger partial charge in [-0.1, -0.05) is 40.9 Å². The van der Waals surface area contributed by atoms with Gasteiger partial charge in [-0.15, -0.1) is 0 Å². The predicted molar refractivity (Wildman–Crippen MR) is 144 cm³/mol. The molecule has 0 aliphatic carbocycles. The maximum absolute atomic E-state index is 11.4. The van der Waals surface area contributed by atoms with Crippen molar-refractivity contribution in [1.29, 1.82) is 0 Å². The van der Waals surface area contributed by atoms with Crippen LogP contribution in [-0.2, 0) is 29.2 Å². The van der Waals surface area contributed by atoms with E-state index in [1.54, 1.807) is 0 Å². The van der Waals surface area contributed by atoms with Crippen molar-refractivity contribution in [3.63, 3.8) is 0 Å². The smallest absolute Gasteiger partial charge is 0.150 e. The number of ether oxygens (including phenoxy) is 1. The average molecular weight is 510 g/mol. The fourth-order valence-corrected chi connectivity index (χ4v) is 5.54. The fraction of sp³-hybridized carbons (Fsp3) is 0.321. The molecule has 0 bridgehead atoms. The van der Waals surface area contributed by atoms with Gasteiger partial charge in [0, 0.05) is 60.3 Å². The van der Waals surface area contributed by atoms with Crippen LogP contribution in [0.3, 0.4) is 0 Å². The molecule has 182 valence electrons. The summed E-state index contributed by atoms with van der Waals surface area (Å²) in [5.74, 6) is 0. The lowest BCUT2D eigenvalue weighted by atomic mass is 10.0. The van der Waals surface area contributed by atoms with Gasteiger partial charge < -0.3 is 24.2 Å². The molecular formula is C28H29Cl2N3O2. The average Bonchev–Trinajstić information content (AvgIpc) is 2.83. The largest absolute Gasteiger partial charge is 0.370 e. The zero-order valence-electron chi connectivity index (χ0n) is 20.0. The van der Waals surface area contributed by atoms with Crippen LogP contribution in [0.5, 0.6) is 0 Å². The highest BCUT2D eigenvalue weighted by Gasteiger charge is 2.25. The van der Waals surface area contributed by atoms with Crippen LogP contribution in [0.25, 0.3) is 0 Å². The Hall–Kier alpha value is -2.73. The first-order valence-electron chi connectivity index (χ1n) is 11.9. The van der Waals surface area contributed by atoms with Crippen LogP contribution in [0.4, 0.5) is 17.1 Å². The summed E-state index contributed by atoms with van der Waals surface area (Å²) in [7, 11) is 2.10. The van der Waals surface area contributed by atoms with Gasteiger partial charge in [0.1, 0.15) is 6.10 Å². The van der Waals surface area contributed by atoms with E-state index in [0.29, 0.717) is 26.2 Å². The van der Waals surface area contributed by atoms with Crippen LogP contribution in [0, 0.1) is 6.92 Å². The third kappa shape index (κ3) is 5.13. The minimum absolute atomic E-state index is 0.396. The van der Waals surface area contributed by atoms with E-state index in [9.17, 15) is 4.79 Å². The number of morpholine rings is 1. The van der Waals surface area contributed by atoms with Gasteiger partial charge in [-0.2, -0.15) is 0 Å². The molecule has 0 aromatic heterocycles. The number of nitrogens with zero attached hydrogens (tertiary/aromatic N) is 3. The van der Waals surface area contributed by atoms with Crippen molar-refractivity contribution >= 4 is 46.6 Å². The summed E-state index contributed by atoms with van der Waals surface area (Å²) in [6.45, 7) is 6.15. The summed E-state index contributed by atoms with van der Waals surface area (Å²) in [6, 6.07) is 18.8. The summed E-state index contributed by atoms with van der Waals surface area (Å²) in [5.41, 5.74) is 8.25. The Bertz CT molecular complexity index is 1250. The van der Waals surface area contributed by atoms with Crippen LogP contribution in [0.1, 0.15) is 22.3 Å². The molecule has 1 saturated heterocycles. The summed E-state index contributed by atoms with van der Waals surface area (Å²) in [4.78, 5) is 18.3. The van der Waals surface area contributed by atoms with Crippen molar-refractivity contribution in [3.05, 3.63) is 86.9 Å². The number of aldehydes is 1. The van der Waals surface area contributed by atoms with Crippen LogP contribution in [-0.4, -0.2) is 39.1 Å². The van der Waals surface area contributed by atoms with Crippen molar-refractivity contribution in [2.45, 2.75) is 32.7 Å². The van der Waals surface area contributed by atoms with Crippen molar-refractivity contribution in [2.75, 3.05) is 41.4 Å². The lowest BCUT2D eigenvalue weighted by Crippen LogP contribution is -2.43. The maximum Gasteiger partial charge on any atom is 0.150 e. The molecule has 3 aromatic carbocycles. The van der Waals surface area contributed by atoms with Crippen molar-refractivity contribution in [2.24, 2.45) is 0 Å². The zero-order valence-corrected chi connectivity index (χ0v) is 21.5. The zero-order chi connectivity index (χ0) is 24.5. The number of hydrogen-bond donors (Lipinski definition) is 0. The summed E-state index contributed by atoms with van der Waals surface area (Å²) < 4.78 is 5.59. The summed E-state index contributed by atoms with van der Waals surface area (Å²) in [5, 5.41) is 1.47. The van der Waals surface area contributed by atoms with Crippen molar-refractivity contribution in [3.8, 4) is 0 Å². The molecule has 1 atom stereocenters. The molecule has 7 heteroatoms. The van der Waals surface area contributed by atoms with E-state index in [1.165, 1.54) is 22.3 Å². The second kappa shape index (κ2) is 10.1. The van der Waals surface area contributed by atoms with Crippen LogP contribution < -0.4 is 14.7 Å². The van der Waals surface area contributed by atoms with Gasteiger partial charge in [0.05, 0.1) is 13.2 Å². The minimum atomic E-state index is -0.396. The Balaban J connectivity index is 1.56. The molecule has 0 amide bonds. The van der Waals surface area contributed by atoms with E-state index in [1.807, 2.05) is 12.1 Å². The van der Waals surface area contributed by atoms with Gasteiger partial charge in [0.15, 0.2) is 6.29 Å². The molecule has 2 aliphatic heterocycles. The maximum atomic E-state index is 11.4. The minimum Gasteiger partial charge on any atom is -0.370 e. The molecule has 0 spiro atoms. The molecule has 2 heterocycles. The molecule has 5 rings (SSSR count). The van der Waals surface area contributed by atoms with Crippen LogP contribution >= 0.6 is 23.2 Å². The molecule has 0 saturated carbocycles. The molecule has 3 aromatic rings. The second-order valence-electron chi connectivity index (χ2n) is 9.38. The predicted octanol–water partition coefficient (Wildman–Crippen LogP) is 5.86. The first kappa shape index (κ1) is 24.0. The highest BCUT2D eigenvalue weighted by molar-refractivity contribution is 6.31. The van der Waals surface area contributed by atoms with Crippen LogP contribution in [0.2, 0.25) is 10.0 Å². The Morgan fingerprint density at radius 3 is 2.37 bits per heavy atom. The van der Waals surface area contributed by atoms with Gasteiger partial charge in [-0.05, 0) is 66.1 Å². The number of hydrogen-bond acceptors (Lipinski definition) is 5. The van der Waals surface area contributed by atoms with E-state index in [4.69, 9.17) is 27.9 Å². The number of aryl methyl sites for hydroxylation is 1. The normalized spacial score (nSPS) is 17.9. The Kier molecular flexibility index (Phi) is 6.92. The monoisotopic (exact) mass is 509 g/mol. The first-order valence-corrected chi connectivity index (χ1v) is 12.6. The summed E-state index contributed by atoms with van der Waals surface area (Å²) >= 11 is 12.8. The fourth-order valence-electron chi connectivity index (χ4n) is 5.15. The van der Waals surface area contributed by atoms with Gasteiger partial charge in [0.25, 0.3) is 0 Å². The number of fused-ring (bicyclic) bond motifs is 2. The standard InChI is InChI=1S/C28H29Cl2N3O2/c1-19-3-6-27(32-9-10-35-25(17-32)18-34)20(11-19)15-33-16-22-13-23(29)4-7-26(22)31(2)14-21-12-24(30)5-8-28(21)33/h3-8,11-13,18,25H,9-10,14-17H2,1-2H3. The molecular weight excluding hydrogens is 481 g/mol. The molecule has 0 N–H and O–H groups in total. The molecule has 1 fully saturated rings. The molecule has 35 heavy (non-hydrogen) atoms. The number of benzene rings is 3. The first-order chi connectivity index (χ1) is 16.9. The number of anilines is 3. The molecule has 5 nitrogen and oxygen atoms in total. The van der Waals surface area contributed by atoms with Gasteiger partial charge >= 0.3 is 0 Å². The van der Waals surface area contributed by atoms with E-state index in [0.717, 1.165) is 46.5 Å². The third-order valence-corrected chi connectivity index (χ3v) is 7.26. The van der Waals surface area contributed by atoms with Gasteiger partial charge in [-0.3, -0.25) is 0 Å². The van der Waals surface area contributed by atoms with Gasteiger partial charge in [0.2, 0.25) is 0 Å². The highest BCUT2D eigenvalue weighted by atomic mass is 35.5. The van der Waals surface area contributed by atoms with E-state index < -0.39 is 6.10 Å². The number of carbonyl (C=O) groups is 1. The van der Waals surface area contributed by atoms with Crippen molar-refractivity contribution < 1.29 is 9.53 Å².